The first-order valence-corrected chi connectivity index (χ1v) is 8.37. The molecule has 0 radical (unpaired) electrons. The minimum Gasteiger partial charge on any atom is -0.368 e. The maximum atomic E-state index is 11.7. The number of hydrogen-bond donors (Lipinski definition) is 2. The van der Waals surface area contributed by atoms with Crippen molar-refractivity contribution in [3.63, 3.8) is 0 Å². The fourth-order valence-corrected chi connectivity index (χ4v) is 3.56. The molecule has 3 aromatic heterocycles. The van der Waals surface area contributed by atoms with E-state index in [0.717, 1.165) is 46.9 Å². The van der Waals surface area contributed by atoms with E-state index in [1.54, 1.807) is 0 Å². The van der Waals surface area contributed by atoms with Gasteiger partial charge in [0.25, 0.3) is 0 Å². The van der Waals surface area contributed by atoms with Crippen LogP contribution in [0.2, 0.25) is 0 Å². The summed E-state index contributed by atoms with van der Waals surface area (Å²) >= 11 is 0. The number of nitrogens with zero attached hydrogens (tertiary/aromatic N) is 4. The highest BCUT2D eigenvalue weighted by Gasteiger charge is 2.23. The van der Waals surface area contributed by atoms with Gasteiger partial charge in [-0.2, -0.15) is 5.26 Å². The van der Waals surface area contributed by atoms with Gasteiger partial charge < -0.3 is 15.2 Å². The van der Waals surface area contributed by atoms with E-state index in [4.69, 9.17) is 5.26 Å². The van der Waals surface area contributed by atoms with Crippen LogP contribution in [0, 0.1) is 11.3 Å². The van der Waals surface area contributed by atoms with Crippen LogP contribution in [0.4, 0.5) is 5.69 Å². The molecule has 2 N–H and O–H groups in total. The lowest BCUT2D eigenvalue weighted by Gasteiger charge is -2.35. The van der Waals surface area contributed by atoms with E-state index >= 15 is 0 Å². The second kappa shape index (κ2) is 6.40. The molecule has 0 aromatic carbocycles. The standard InChI is InChI=1S/C18H18N6O/c19-5-3-16(25)23-13-2-1-7-24(11-13)15-10-20-8-12-9-22-18-14(17(12)15)4-6-21-18/h4,6,8-10,13H,1-3,7,11H2,(H,21,22)(H,23,25). The van der Waals surface area contributed by atoms with Crippen LogP contribution in [0.1, 0.15) is 19.3 Å². The second-order valence-electron chi connectivity index (χ2n) is 6.31. The largest absolute Gasteiger partial charge is 0.368 e. The zero-order chi connectivity index (χ0) is 17.2. The Hall–Kier alpha value is -3.14. The number of carbonyl (C=O) groups excluding carboxylic acids is 1. The van der Waals surface area contributed by atoms with Gasteiger partial charge in [-0.05, 0) is 18.9 Å². The first kappa shape index (κ1) is 15.4. The summed E-state index contributed by atoms with van der Waals surface area (Å²) in [6.45, 7) is 1.63. The van der Waals surface area contributed by atoms with Crippen molar-refractivity contribution >= 4 is 33.4 Å². The monoisotopic (exact) mass is 334 g/mol. The van der Waals surface area contributed by atoms with Crippen LogP contribution in [-0.4, -0.2) is 40.0 Å². The zero-order valence-electron chi connectivity index (χ0n) is 13.7. The highest BCUT2D eigenvalue weighted by molar-refractivity contribution is 6.10. The van der Waals surface area contributed by atoms with Crippen molar-refractivity contribution < 1.29 is 4.79 Å². The molecule has 0 aliphatic carbocycles. The van der Waals surface area contributed by atoms with Crippen molar-refractivity contribution in [3.05, 3.63) is 30.9 Å². The Balaban J connectivity index is 1.68. The Kier molecular flexibility index (Phi) is 3.94. The molecular weight excluding hydrogens is 316 g/mol. The van der Waals surface area contributed by atoms with E-state index in [1.165, 1.54) is 0 Å². The first-order valence-electron chi connectivity index (χ1n) is 8.37. The lowest BCUT2D eigenvalue weighted by atomic mass is 10.0. The SMILES string of the molecule is N#CCC(=O)NC1CCCN(c2cncc3cnc4[nH]ccc4c23)C1. The third-order valence-electron chi connectivity index (χ3n) is 4.65. The normalized spacial score (nSPS) is 17.6. The molecule has 1 saturated heterocycles. The molecular formula is C18H18N6O. The fourth-order valence-electron chi connectivity index (χ4n) is 3.56. The average Bonchev–Trinajstić information content (AvgIpc) is 3.10. The molecule has 0 bridgehead atoms. The highest BCUT2D eigenvalue weighted by Crippen LogP contribution is 2.32. The van der Waals surface area contributed by atoms with Gasteiger partial charge in [0.1, 0.15) is 12.1 Å². The quantitative estimate of drug-likeness (QED) is 0.764. The molecule has 1 amide bonds. The molecule has 1 unspecified atom stereocenters. The van der Waals surface area contributed by atoms with Crippen molar-refractivity contribution in [2.24, 2.45) is 0 Å². The summed E-state index contributed by atoms with van der Waals surface area (Å²) in [6.07, 6.45) is 9.25. The van der Waals surface area contributed by atoms with Crippen LogP contribution in [0.5, 0.6) is 0 Å². The molecule has 126 valence electrons. The number of hydrogen-bond acceptors (Lipinski definition) is 5. The predicted octanol–water partition coefficient (Wildman–Crippen LogP) is 2.11. The molecule has 1 fully saturated rings. The van der Waals surface area contributed by atoms with E-state index in [2.05, 4.69) is 25.2 Å². The van der Waals surface area contributed by atoms with Gasteiger partial charge in [0.2, 0.25) is 5.91 Å². The smallest absolute Gasteiger partial charge is 0.234 e. The second-order valence-corrected chi connectivity index (χ2v) is 6.31. The number of carbonyl (C=O) groups is 1. The van der Waals surface area contributed by atoms with Gasteiger partial charge in [0, 0.05) is 53.9 Å². The fraction of sp³-hybridized carbons (Fsp3) is 0.333. The van der Waals surface area contributed by atoms with E-state index in [9.17, 15) is 4.79 Å². The summed E-state index contributed by atoms with van der Waals surface area (Å²) in [7, 11) is 0. The van der Waals surface area contributed by atoms with Gasteiger partial charge in [-0.1, -0.05) is 0 Å². The number of anilines is 1. The summed E-state index contributed by atoms with van der Waals surface area (Å²) in [5, 5.41) is 14.8. The van der Waals surface area contributed by atoms with Gasteiger partial charge in [0.05, 0.1) is 18.0 Å². The summed E-state index contributed by atoms with van der Waals surface area (Å²) < 4.78 is 0. The van der Waals surface area contributed by atoms with Crippen molar-refractivity contribution in [2.75, 3.05) is 18.0 Å². The van der Waals surface area contributed by atoms with Gasteiger partial charge in [-0.3, -0.25) is 9.78 Å². The summed E-state index contributed by atoms with van der Waals surface area (Å²) in [4.78, 5) is 26.0. The van der Waals surface area contributed by atoms with Gasteiger partial charge in [-0.15, -0.1) is 0 Å². The number of H-pyrrole nitrogens is 1. The lowest BCUT2D eigenvalue weighted by Crippen LogP contribution is -2.47. The molecule has 1 atom stereocenters. The Morgan fingerprint density at radius 1 is 1.44 bits per heavy atom. The number of aromatic amines is 1. The minimum atomic E-state index is -0.206. The van der Waals surface area contributed by atoms with Gasteiger partial charge >= 0.3 is 0 Å². The predicted molar refractivity (Wildman–Crippen MR) is 95.0 cm³/mol. The number of piperidine rings is 1. The highest BCUT2D eigenvalue weighted by atomic mass is 16.1. The Bertz CT molecular complexity index is 973. The molecule has 1 aliphatic heterocycles. The van der Waals surface area contributed by atoms with Crippen LogP contribution < -0.4 is 10.2 Å². The molecule has 4 heterocycles. The average molecular weight is 334 g/mol. The third kappa shape index (κ3) is 2.87. The Morgan fingerprint density at radius 3 is 3.24 bits per heavy atom. The lowest BCUT2D eigenvalue weighted by molar-refractivity contribution is -0.120. The van der Waals surface area contributed by atoms with Crippen molar-refractivity contribution in [1.82, 2.24) is 20.3 Å². The molecule has 7 heteroatoms. The molecule has 0 saturated carbocycles. The summed E-state index contributed by atoms with van der Waals surface area (Å²) in [5.74, 6) is -0.206. The number of amides is 1. The first-order chi connectivity index (χ1) is 12.3. The Labute approximate surface area is 144 Å². The van der Waals surface area contributed by atoms with Crippen LogP contribution in [0.25, 0.3) is 21.8 Å². The van der Waals surface area contributed by atoms with Crippen LogP contribution in [0.15, 0.2) is 30.9 Å². The van der Waals surface area contributed by atoms with Crippen LogP contribution in [-0.2, 0) is 4.79 Å². The third-order valence-corrected chi connectivity index (χ3v) is 4.65. The van der Waals surface area contributed by atoms with Crippen molar-refractivity contribution in [3.8, 4) is 6.07 Å². The number of aromatic nitrogens is 3. The number of fused-ring (bicyclic) bond motifs is 3. The number of nitrogens with one attached hydrogen (secondary N) is 2. The number of nitriles is 1. The summed E-state index contributed by atoms with van der Waals surface area (Å²) in [6, 6.07) is 3.98. The molecule has 3 aromatic rings. The van der Waals surface area contributed by atoms with Crippen molar-refractivity contribution in [2.45, 2.75) is 25.3 Å². The van der Waals surface area contributed by atoms with E-state index in [-0.39, 0.29) is 18.4 Å². The molecule has 0 spiro atoms. The van der Waals surface area contributed by atoms with Crippen LogP contribution >= 0.6 is 0 Å². The van der Waals surface area contributed by atoms with Crippen molar-refractivity contribution in [1.29, 1.82) is 5.26 Å². The van der Waals surface area contributed by atoms with Gasteiger partial charge in [0.15, 0.2) is 0 Å². The molecule has 1 aliphatic rings. The molecule has 4 rings (SSSR count). The number of pyridine rings is 2. The van der Waals surface area contributed by atoms with E-state index in [1.807, 2.05) is 36.9 Å². The topological polar surface area (TPSA) is 97.7 Å². The van der Waals surface area contributed by atoms with Crippen LogP contribution in [0.3, 0.4) is 0 Å². The zero-order valence-corrected chi connectivity index (χ0v) is 13.7. The number of rotatable bonds is 3. The van der Waals surface area contributed by atoms with E-state index in [0.29, 0.717) is 6.54 Å². The summed E-state index contributed by atoms with van der Waals surface area (Å²) in [5.41, 5.74) is 1.92. The minimum absolute atomic E-state index is 0.0495. The maximum absolute atomic E-state index is 11.7. The molecule has 7 nitrogen and oxygen atoms in total. The van der Waals surface area contributed by atoms with E-state index < -0.39 is 0 Å². The maximum Gasteiger partial charge on any atom is 0.234 e. The van der Waals surface area contributed by atoms with Gasteiger partial charge in [-0.25, -0.2) is 4.98 Å². The molecule has 25 heavy (non-hydrogen) atoms. The Morgan fingerprint density at radius 2 is 2.36 bits per heavy atom.